The van der Waals surface area contributed by atoms with Crippen molar-refractivity contribution < 1.29 is 32.4 Å². The number of fused-ring (bicyclic) bond motifs is 3. The Morgan fingerprint density at radius 3 is 2.16 bits per heavy atom. The lowest BCUT2D eigenvalue weighted by atomic mass is 9.83. The van der Waals surface area contributed by atoms with Crippen LogP contribution in [-0.4, -0.2) is 90.1 Å². The lowest BCUT2D eigenvalue weighted by Crippen LogP contribution is -2.62. The van der Waals surface area contributed by atoms with Crippen molar-refractivity contribution in [3.63, 3.8) is 0 Å². The predicted molar refractivity (Wildman–Crippen MR) is 188 cm³/mol. The van der Waals surface area contributed by atoms with Crippen molar-refractivity contribution in [2.75, 3.05) is 18.8 Å². The molecule has 4 N–H and O–H groups in total. The van der Waals surface area contributed by atoms with E-state index in [9.17, 15) is 32.4 Å². The fourth-order valence-corrected chi connectivity index (χ4v) is 9.68. The second-order valence-corrected chi connectivity index (χ2v) is 19.1. The summed E-state index contributed by atoms with van der Waals surface area (Å²) >= 11 is 0. The second kappa shape index (κ2) is 15.5. The summed E-state index contributed by atoms with van der Waals surface area (Å²) in [7, 11) is -3.55. The zero-order valence-electron chi connectivity index (χ0n) is 30.2. The molecule has 13 heteroatoms. The standard InChI is InChI=1S/C36H59N5O7S/c1-7-21-37-31(44)29(42)25-17-13-10-8-9-11-14-18-26(32(45)41-22-24-27(35(24,5)6)28(41)30(43)38-25)39-33(46)40-36(19-15-12-16-20-36)23-49(47,48)34(2,3)4/h7,24-28H,1,8-23H2,2-6H3,(H,37,44)(H,38,43)(H2,39,40,46)/t24-,25-,26-,27-,28-/m0/s1. The number of piperidine rings is 1. The fourth-order valence-electron chi connectivity index (χ4n) is 8.16. The van der Waals surface area contributed by atoms with Gasteiger partial charge in [-0.25, -0.2) is 13.2 Å². The van der Waals surface area contributed by atoms with Gasteiger partial charge in [0.05, 0.1) is 22.1 Å². The molecule has 2 aliphatic carbocycles. The van der Waals surface area contributed by atoms with Crippen LogP contribution in [0.4, 0.5) is 4.79 Å². The second-order valence-electron chi connectivity index (χ2n) is 16.4. The van der Waals surface area contributed by atoms with Gasteiger partial charge in [-0.1, -0.05) is 77.7 Å². The minimum atomic E-state index is -3.55. The van der Waals surface area contributed by atoms with E-state index < -0.39 is 61.9 Å². The number of nitrogens with zero attached hydrogens (tertiary/aromatic N) is 1. The largest absolute Gasteiger partial charge is 0.346 e. The van der Waals surface area contributed by atoms with Gasteiger partial charge in [0, 0.05) is 13.1 Å². The molecule has 4 rings (SSSR count). The summed E-state index contributed by atoms with van der Waals surface area (Å²) in [6.45, 7) is 13.2. The van der Waals surface area contributed by atoms with Crippen LogP contribution in [0.15, 0.2) is 12.7 Å². The van der Waals surface area contributed by atoms with Crippen LogP contribution >= 0.6 is 0 Å². The van der Waals surface area contributed by atoms with Crippen molar-refractivity contribution in [2.45, 2.75) is 147 Å². The van der Waals surface area contributed by atoms with Gasteiger partial charge >= 0.3 is 6.03 Å². The van der Waals surface area contributed by atoms with Gasteiger partial charge in [-0.3, -0.25) is 19.2 Å². The molecule has 4 aliphatic rings. The number of carbonyl (C=O) groups is 5. The van der Waals surface area contributed by atoms with Gasteiger partial charge in [0.15, 0.2) is 9.84 Å². The minimum Gasteiger partial charge on any atom is -0.346 e. The van der Waals surface area contributed by atoms with E-state index in [1.165, 1.54) is 6.08 Å². The molecule has 49 heavy (non-hydrogen) atoms. The van der Waals surface area contributed by atoms with Crippen molar-refractivity contribution in [3.05, 3.63) is 12.7 Å². The number of urea groups is 1. The van der Waals surface area contributed by atoms with Gasteiger partial charge < -0.3 is 26.2 Å². The number of Topliss-reactive ketones (excluding diaryl/α,β-unsaturated/α-hetero) is 1. The number of hydrogen-bond donors (Lipinski definition) is 4. The maximum absolute atomic E-state index is 14.4. The minimum absolute atomic E-state index is 0.0821. The van der Waals surface area contributed by atoms with Crippen molar-refractivity contribution >= 4 is 39.4 Å². The number of sulfone groups is 1. The number of ketones is 1. The molecule has 276 valence electrons. The molecule has 0 bridgehead atoms. The van der Waals surface area contributed by atoms with Crippen LogP contribution in [0, 0.1) is 17.3 Å². The van der Waals surface area contributed by atoms with E-state index in [-0.39, 0.29) is 35.5 Å². The van der Waals surface area contributed by atoms with Crippen LogP contribution in [-0.2, 0) is 29.0 Å². The Kier molecular flexibility index (Phi) is 12.3. The Morgan fingerprint density at radius 2 is 1.55 bits per heavy atom. The molecule has 0 aromatic carbocycles. The Labute approximate surface area is 292 Å². The molecule has 2 saturated heterocycles. The highest BCUT2D eigenvalue weighted by Gasteiger charge is 2.69. The lowest BCUT2D eigenvalue weighted by molar-refractivity contribution is -0.144. The van der Waals surface area contributed by atoms with Crippen molar-refractivity contribution in [1.29, 1.82) is 0 Å². The van der Waals surface area contributed by atoms with Crippen LogP contribution in [0.2, 0.25) is 0 Å². The number of amides is 5. The Balaban J connectivity index is 1.57. The Hall–Kier alpha value is -2.96. The third kappa shape index (κ3) is 9.05. The SMILES string of the molecule is C=CCNC(=O)C(=O)[C@@H]1CCCCCCCC[C@H](NC(=O)NC2(CS(=O)(=O)C(C)(C)C)CCCCC2)C(=O)N2C[C@H]3[C@@H]([C@H]2C(=O)N1)C3(C)C. The molecule has 0 unspecified atom stereocenters. The van der Waals surface area contributed by atoms with E-state index in [2.05, 4.69) is 41.7 Å². The van der Waals surface area contributed by atoms with Crippen molar-refractivity contribution in [3.8, 4) is 0 Å². The Bertz CT molecular complexity index is 1380. The maximum atomic E-state index is 14.4. The highest BCUT2D eigenvalue weighted by molar-refractivity contribution is 7.92. The molecule has 0 radical (unpaired) electrons. The lowest BCUT2D eigenvalue weighted by Gasteiger charge is -2.40. The topological polar surface area (TPSA) is 171 Å². The zero-order chi connectivity index (χ0) is 36.2. The van der Waals surface area contributed by atoms with Crippen molar-refractivity contribution in [2.24, 2.45) is 17.3 Å². The maximum Gasteiger partial charge on any atom is 0.315 e. The monoisotopic (exact) mass is 705 g/mol. The molecule has 2 aliphatic heterocycles. The number of rotatable bonds is 8. The van der Waals surface area contributed by atoms with Gasteiger partial charge in [-0.05, 0) is 63.7 Å². The van der Waals surface area contributed by atoms with Crippen LogP contribution in [0.25, 0.3) is 0 Å². The average Bonchev–Trinajstić information content (AvgIpc) is 3.32. The zero-order valence-corrected chi connectivity index (χ0v) is 31.0. The molecular formula is C36H59N5O7S. The molecule has 2 heterocycles. The number of nitrogens with one attached hydrogen (secondary N) is 4. The van der Waals surface area contributed by atoms with Crippen LogP contribution in [0.1, 0.15) is 118 Å². The highest BCUT2D eigenvalue weighted by atomic mass is 32.2. The third-order valence-electron chi connectivity index (χ3n) is 11.5. The number of hydrogen-bond acceptors (Lipinski definition) is 7. The van der Waals surface area contributed by atoms with Gasteiger partial charge in [0.2, 0.25) is 17.6 Å². The van der Waals surface area contributed by atoms with Gasteiger partial charge in [0.25, 0.3) is 5.91 Å². The molecule has 2 saturated carbocycles. The summed E-state index contributed by atoms with van der Waals surface area (Å²) in [6.07, 6.45) is 10.6. The molecule has 5 amide bonds. The molecular weight excluding hydrogens is 646 g/mol. The number of carbonyl (C=O) groups excluding carboxylic acids is 5. The van der Waals surface area contributed by atoms with Crippen LogP contribution < -0.4 is 21.3 Å². The average molecular weight is 706 g/mol. The highest BCUT2D eigenvalue weighted by Crippen LogP contribution is 2.65. The van der Waals surface area contributed by atoms with E-state index in [0.29, 0.717) is 45.1 Å². The Morgan fingerprint density at radius 1 is 0.959 bits per heavy atom. The quantitative estimate of drug-likeness (QED) is 0.221. The summed E-state index contributed by atoms with van der Waals surface area (Å²) < 4.78 is 25.7. The normalized spacial score (nSPS) is 29.2. The summed E-state index contributed by atoms with van der Waals surface area (Å²) in [5.74, 6) is -2.54. The molecule has 12 nitrogen and oxygen atoms in total. The fraction of sp³-hybridized carbons (Fsp3) is 0.806. The van der Waals surface area contributed by atoms with Crippen LogP contribution in [0.3, 0.4) is 0 Å². The van der Waals surface area contributed by atoms with Gasteiger partial charge in [0.1, 0.15) is 12.1 Å². The molecule has 0 spiro atoms. The summed E-state index contributed by atoms with van der Waals surface area (Å²) in [5, 5.41) is 11.3. The molecule has 0 aromatic rings. The van der Waals surface area contributed by atoms with Crippen molar-refractivity contribution in [1.82, 2.24) is 26.2 Å². The molecule has 4 fully saturated rings. The summed E-state index contributed by atoms with van der Waals surface area (Å²) in [6, 6.07) is -3.36. The van der Waals surface area contributed by atoms with E-state index in [1.54, 1.807) is 25.7 Å². The van der Waals surface area contributed by atoms with E-state index >= 15 is 0 Å². The van der Waals surface area contributed by atoms with E-state index in [1.807, 2.05) is 0 Å². The van der Waals surface area contributed by atoms with Gasteiger partial charge in [-0.2, -0.15) is 0 Å². The summed E-state index contributed by atoms with van der Waals surface area (Å²) in [5.41, 5.74) is -1.12. The van der Waals surface area contributed by atoms with Crippen LogP contribution in [0.5, 0.6) is 0 Å². The third-order valence-corrected chi connectivity index (χ3v) is 14.3. The first kappa shape index (κ1) is 38.8. The van der Waals surface area contributed by atoms with E-state index in [0.717, 1.165) is 44.9 Å². The van der Waals surface area contributed by atoms with Gasteiger partial charge in [-0.15, -0.1) is 6.58 Å². The predicted octanol–water partition coefficient (Wildman–Crippen LogP) is 3.54. The first-order chi connectivity index (χ1) is 22.9. The smallest absolute Gasteiger partial charge is 0.315 e. The molecule has 0 aromatic heterocycles. The van der Waals surface area contributed by atoms with E-state index in [4.69, 9.17) is 0 Å². The molecule has 5 atom stereocenters. The first-order valence-corrected chi connectivity index (χ1v) is 19.9. The summed E-state index contributed by atoms with van der Waals surface area (Å²) in [4.78, 5) is 69.5. The first-order valence-electron chi connectivity index (χ1n) is 18.3.